The van der Waals surface area contributed by atoms with Gasteiger partial charge in [0.05, 0.1) is 12.1 Å². The molecule has 14 heteroatoms. The highest BCUT2D eigenvalue weighted by atomic mass is 19.1. The molecule has 1 spiro atoms. The minimum absolute atomic E-state index is 0.0354. The minimum Gasteiger partial charge on any atom is -0.444 e. The van der Waals surface area contributed by atoms with Crippen molar-refractivity contribution in [3.05, 3.63) is 35.9 Å². The Kier molecular flexibility index (Phi) is 9.37. The molecular weight excluding hydrogens is 600 g/mol. The fourth-order valence-corrected chi connectivity index (χ4v) is 6.48. The normalized spacial score (nSPS) is 20.9. The van der Waals surface area contributed by atoms with Crippen LogP contribution < -0.4 is 9.64 Å². The molecule has 0 aliphatic carbocycles. The molecule has 3 amide bonds. The van der Waals surface area contributed by atoms with Crippen LogP contribution in [0.25, 0.3) is 0 Å². The summed E-state index contributed by atoms with van der Waals surface area (Å²) in [6.07, 6.45) is 0.776. The molecule has 3 fully saturated rings. The molecule has 46 heavy (non-hydrogen) atoms. The number of benzene rings is 1. The van der Waals surface area contributed by atoms with Gasteiger partial charge in [-0.05, 0) is 72.6 Å². The smallest absolute Gasteiger partial charge is 0.411 e. The quantitative estimate of drug-likeness (QED) is 0.431. The zero-order chi connectivity index (χ0) is 33.4. The zero-order valence-electron chi connectivity index (χ0n) is 27.3. The number of halogens is 2. The van der Waals surface area contributed by atoms with Gasteiger partial charge in [-0.3, -0.25) is 14.5 Å². The number of likely N-dealkylation sites (tertiary alicyclic amines) is 2. The van der Waals surface area contributed by atoms with E-state index in [-0.39, 0.29) is 53.4 Å². The predicted molar refractivity (Wildman–Crippen MR) is 165 cm³/mol. The van der Waals surface area contributed by atoms with Crippen molar-refractivity contribution >= 4 is 23.7 Å². The van der Waals surface area contributed by atoms with Crippen LogP contribution >= 0.6 is 0 Å². The summed E-state index contributed by atoms with van der Waals surface area (Å²) in [7, 11) is 0. The molecule has 0 bridgehead atoms. The number of rotatable bonds is 7. The highest BCUT2D eigenvalue weighted by molar-refractivity contribution is 5.97. The maximum absolute atomic E-state index is 14.4. The van der Waals surface area contributed by atoms with Gasteiger partial charge in [-0.15, -0.1) is 10.2 Å². The van der Waals surface area contributed by atoms with E-state index in [1.807, 2.05) is 25.7 Å². The van der Waals surface area contributed by atoms with Gasteiger partial charge in [0.25, 0.3) is 11.8 Å². The van der Waals surface area contributed by atoms with Gasteiger partial charge in [0.15, 0.2) is 5.82 Å². The Labute approximate surface area is 268 Å². The van der Waals surface area contributed by atoms with E-state index < -0.39 is 29.7 Å². The molecule has 0 saturated carbocycles. The number of amides is 3. The van der Waals surface area contributed by atoms with E-state index in [0.717, 1.165) is 18.9 Å². The Bertz CT molecular complexity index is 1450. The van der Waals surface area contributed by atoms with Crippen LogP contribution in [0.4, 0.5) is 19.4 Å². The van der Waals surface area contributed by atoms with Gasteiger partial charge in [0.1, 0.15) is 35.7 Å². The first-order valence-corrected chi connectivity index (χ1v) is 15.8. The summed E-state index contributed by atoms with van der Waals surface area (Å²) in [5.41, 5.74) is -0.742. The molecule has 0 radical (unpaired) electrons. The molecule has 1 aromatic heterocycles. The first-order valence-electron chi connectivity index (χ1n) is 15.8. The second kappa shape index (κ2) is 13.0. The fraction of sp³-hybridized carbons (Fsp3) is 0.625. The highest BCUT2D eigenvalue weighted by Crippen LogP contribution is 2.45. The lowest BCUT2D eigenvalue weighted by Gasteiger charge is -2.54. The number of carbonyl (C=O) groups excluding carboxylic acids is 3. The van der Waals surface area contributed by atoms with Gasteiger partial charge >= 0.3 is 6.09 Å². The molecule has 12 nitrogen and oxygen atoms in total. The first-order chi connectivity index (χ1) is 21.7. The van der Waals surface area contributed by atoms with E-state index in [1.54, 1.807) is 30.6 Å². The lowest BCUT2D eigenvalue weighted by Crippen LogP contribution is -2.62. The van der Waals surface area contributed by atoms with Crippen molar-refractivity contribution in [2.45, 2.75) is 84.7 Å². The van der Waals surface area contributed by atoms with Crippen molar-refractivity contribution in [3.8, 4) is 11.6 Å². The zero-order valence-corrected chi connectivity index (χ0v) is 27.3. The van der Waals surface area contributed by atoms with Crippen LogP contribution in [0.5, 0.6) is 11.6 Å². The largest absolute Gasteiger partial charge is 0.444 e. The van der Waals surface area contributed by atoms with E-state index >= 15 is 0 Å². The molecule has 3 aliphatic heterocycles. The number of hydrogen-bond acceptors (Lipinski definition) is 9. The Balaban J connectivity index is 1.23. The SMILES string of the molecule is CCN(C(=O)c1cc(F)ccc1Oc1nncnc1N1CC2(CCN(C(=O)[C@@H]3C[C@@H](F)CN3C(=O)OC(C)(C)C)CC2)C1)C(C)C. The Morgan fingerprint density at radius 3 is 2.48 bits per heavy atom. The Morgan fingerprint density at radius 1 is 1.15 bits per heavy atom. The van der Waals surface area contributed by atoms with Crippen LogP contribution in [0.2, 0.25) is 0 Å². The first kappa shape index (κ1) is 33.3. The van der Waals surface area contributed by atoms with Gasteiger partial charge in [-0.1, -0.05) is 0 Å². The van der Waals surface area contributed by atoms with Gasteiger partial charge in [0, 0.05) is 50.6 Å². The van der Waals surface area contributed by atoms with Crippen LogP contribution in [-0.2, 0) is 9.53 Å². The average Bonchev–Trinajstić information content (AvgIpc) is 3.38. The topological polar surface area (TPSA) is 121 Å². The Morgan fingerprint density at radius 2 is 1.85 bits per heavy atom. The monoisotopic (exact) mass is 643 g/mol. The number of piperidine rings is 1. The van der Waals surface area contributed by atoms with Crippen LogP contribution in [0.3, 0.4) is 0 Å². The van der Waals surface area contributed by atoms with Gasteiger partial charge in [0.2, 0.25) is 5.91 Å². The van der Waals surface area contributed by atoms with E-state index in [2.05, 4.69) is 15.2 Å². The van der Waals surface area contributed by atoms with Crippen molar-refractivity contribution in [1.29, 1.82) is 0 Å². The third-order valence-electron chi connectivity index (χ3n) is 8.83. The summed E-state index contributed by atoms with van der Waals surface area (Å²) >= 11 is 0. The maximum atomic E-state index is 14.4. The highest BCUT2D eigenvalue weighted by Gasteiger charge is 2.49. The van der Waals surface area contributed by atoms with E-state index in [4.69, 9.17) is 9.47 Å². The number of ether oxygens (including phenoxy) is 2. The van der Waals surface area contributed by atoms with Crippen LogP contribution in [-0.4, -0.2) is 111 Å². The lowest BCUT2D eigenvalue weighted by molar-refractivity contribution is -0.138. The van der Waals surface area contributed by atoms with Gasteiger partial charge < -0.3 is 24.2 Å². The minimum atomic E-state index is -1.28. The third kappa shape index (κ3) is 7.00. The number of hydrogen-bond donors (Lipinski definition) is 0. The fourth-order valence-electron chi connectivity index (χ4n) is 6.48. The summed E-state index contributed by atoms with van der Waals surface area (Å²) in [6, 6.07) is 2.81. The molecule has 2 atom stereocenters. The van der Waals surface area contributed by atoms with Crippen LogP contribution in [0.15, 0.2) is 24.5 Å². The predicted octanol–water partition coefficient (Wildman–Crippen LogP) is 4.45. The average molecular weight is 644 g/mol. The summed E-state index contributed by atoms with van der Waals surface area (Å²) < 4.78 is 40.1. The molecule has 250 valence electrons. The van der Waals surface area contributed by atoms with Crippen LogP contribution in [0, 0.1) is 11.2 Å². The second-order valence-corrected chi connectivity index (χ2v) is 13.7. The number of carbonyl (C=O) groups is 3. The maximum Gasteiger partial charge on any atom is 0.411 e. The molecule has 3 saturated heterocycles. The summed E-state index contributed by atoms with van der Waals surface area (Å²) in [4.78, 5) is 50.4. The summed E-state index contributed by atoms with van der Waals surface area (Å²) in [6.45, 7) is 13.4. The molecule has 0 N–H and O–H groups in total. The van der Waals surface area contributed by atoms with Crippen molar-refractivity contribution in [3.63, 3.8) is 0 Å². The molecule has 3 aliphatic rings. The number of nitrogens with zero attached hydrogens (tertiary/aromatic N) is 7. The number of alkyl halides is 1. The van der Waals surface area contributed by atoms with Crippen molar-refractivity contribution in [2.24, 2.45) is 5.41 Å². The lowest BCUT2D eigenvalue weighted by atomic mass is 9.72. The Hall–Kier alpha value is -4.10. The molecule has 4 heterocycles. The summed E-state index contributed by atoms with van der Waals surface area (Å²) in [5.74, 6) is -0.468. The molecule has 1 aromatic carbocycles. The molecular formula is C32H43F2N7O5. The van der Waals surface area contributed by atoms with E-state index in [9.17, 15) is 23.2 Å². The molecule has 2 aromatic rings. The molecule has 0 unspecified atom stereocenters. The van der Waals surface area contributed by atoms with Crippen molar-refractivity contribution in [1.82, 2.24) is 29.9 Å². The number of aromatic nitrogens is 3. The van der Waals surface area contributed by atoms with Crippen molar-refractivity contribution < 1.29 is 32.6 Å². The van der Waals surface area contributed by atoms with Crippen LogP contribution in [0.1, 0.15) is 71.2 Å². The van der Waals surface area contributed by atoms with E-state index in [1.165, 1.54) is 23.4 Å². The summed E-state index contributed by atoms with van der Waals surface area (Å²) in [5, 5.41) is 8.02. The van der Waals surface area contributed by atoms with Crippen molar-refractivity contribution in [2.75, 3.05) is 44.2 Å². The molecule has 5 rings (SSSR count). The standard InChI is InChI=1S/C32H43F2N7O5/c1-7-40(20(2)3)28(42)23-14-21(33)8-9-25(23)45-27-26(35-19-36-37-27)39-17-32(18-39)10-12-38(13-11-32)29(43)24-15-22(34)16-41(24)30(44)46-31(4,5)6/h8-9,14,19-20,22,24H,7,10-13,15-18H2,1-6H3/t22-,24+/m1/s1. The second-order valence-electron chi connectivity index (χ2n) is 13.7. The van der Waals surface area contributed by atoms with Gasteiger partial charge in [-0.25, -0.2) is 18.6 Å². The third-order valence-corrected chi connectivity index (χ3v) is 8.83. The van der Waals surface area contributed by atoms with E-state index in [0.29, 0.717) is 38.5 Å². The van der Waals surface area contributed by atoms with Gasteiger partial charge in [-0.2, -0.15) is 0 Å². The number of anilines is 1.